The van der Waals surface area contributed by atoms with Gasteiger partial charge in [-0.15, -0.1) is 0 Å². The zero-order chi connectivity index (χ0) is 13.0. The van der Waals surface area contributed by atoms with Gasteiger partial charge in [0.15, 0.2) is 0 Å². The summed E-state index contributed by atoms with van der Waals surface area (Å²) in [5, 5.41) is 13.8. The van der Waals surface area contributed by atoms with Crippen molar-refractivity contribution in [1.29, 1.82) is 0 Å². The molecule has 6 heteroatoms. The highest BCUT2D eigenvalue weighted by Gasteiger charge is 2.13. The van der Waals surface area contributed by atoms with Gasteiger partial charge in [-0.3, -0.25) is 14.6 Å². The molecular weight excluding hydrogens is 230 g/mol. The van der Waals surface area contributed by atoms with Crippen molar-refractivity contribution in [1.82, 2.24) is 25.3 Å². The molecule has 0 fully saturated rings. The monoisotopic (exact) mass is 247 g/mol. The van der Waals surface area contributed by atoms with Gasteiger partial charge in [0.2, 0.25) is 0 Å². The molecule has 0 aromatic carbocycles. The summed E-state index contributed by atoms with van der Waals surface area (Å²) in [5.74, 6) is -0.112. The van der Waals surface area contributed by atoms with E-state index in [-0.39, 0.29) is 5.91 Å². The van der Waals surface area contributed by atoms with Crippen LogP contribution < -0.4 is 5.32 Å². The first kappa shape index (κ1) is 12.3. The summed E-state index contributed by atoms with van der Waals surface area (Å²) >= 11 is 0. The van der Waals surface area contributed by atoms with Gasteiger partial charge in [0.05, 0.1) is 17.9 Å². The van der Waals surface area contributed by atoms with Crippen LogP contribution in [-0.4, -0.2) is 25.9 Å². The van der Waals surface area contributed by atoms with Crippen molar-refractivity contribution in [2.75, 3.05) is 0 Å². The van der Waals surface area contributed by atoms with Crippen LogP contribution in [0, 0.1) is 0 Å². The number of H-pyrrole nitrogens is 1. The molecule has 6 nitrogen and oxygen atoms in total. The number of hydrogen-bond donors (Lipinski definition) is 2. The van der Waals surface area contributed by atoms with E-state index in [0.717, 1.165) is 17.8 Å². The first-order chi connectivity index (χ1) is 8.74. The van der Waals surface area contributed by atoms with E-state index in [0.29, 0.717) is 18.8 Å². The number of aryl methyl sites for hydroxylation is 2. The molecule has 0 saturated carbocycles. The molecule has 0 unspecified atom stereocenters. The van der Waals surface area contributed by atoms with Crippen LogP contribution in [0.5, 0.6) is 0 Å². The van der Waals surface area contributed by atoms with Crippen LogP contribution in [0.15, 0.2) is 18.3 Å². The lowest BCUT2D eigenvalue weighted by Gasteiger charge is -2.05. The molecule has 0 aliphatic carbocycles. The SMILES string of the molecule is CCc1cc(C(=O)NCc2ccn[nH]2)n(CC)n1. The molecule has 18 heavy (non-hydrogen) atoms. The Hall–Kier alpha value is -2.11. The lowest BCUT2D eigenvalue weighted by molar-refractivity contribution is 0.0939. The Morgan fingerprint density at radius 2 is 2.33 bits per heavy atom. The summed E-state index contributed by atoms with van der Waals surface area (Å²) in [6.07, 6.45) is 2.49. The Morgan fingerprint density at radius 1 is 1.50 bits per heavy atom. The molecule has 1 amide bonds. The largest absolute Gasteiger partial charge is 0.345 e. The average Bonchev–Trinajstić information content (AvgIpc) is 3.04. The van der Waals surface area contributed by atoms with Gasteiger partial charge in [0, 0.05) is 12.7 Å². The second-order valence-corrected chi connectivity index (χ2v) is 3.95. The minimum absolute atomic E-state index is 0.112. The van der Waals surface area contributed by atoms with Gasteiger partial charge in [-0.25, -0.2) is 0 Å². The van der Waals surface area contributed by atoms with Crippen LogP contribution >= 0.6 is 0 Å². The maximum atomic E-state index is 12.0. The highest BCUT2D eigenvalue weighted by molar-refractivity contribution is 5.92. The van der Waals surface area contributed by atoms with Crippen LogP contribution in [0.25, 0.3) is 0 Å². The molecule has 0 atom stereocenters. The number of aromatic nitrogens is 4. The van der Waals surface area contributed by atoms with Crippen molar-refractivity contribution < 1.29 is 4.79 Å². The van der Waals surface area contributed by atoms with Gasteiger partial charge in [0.1, 0.15) is 5.69 Å². The summed E-state index contributed by atoms with van der Waals surface area (Å²) in [5.41, 5.74) is 2.42. The van der Waals surface area contributed by atoms with E-state index in [9.17, 15) is 4.79 Å². The molecule has 2 heterocycles. The van der Waals surface area contributed by atoms with Crippen LogP contribution in [0.3, 0.4) is 0 Å². The van der Waals surface area contributed by atoms with E-state index < -0.39 is 0 Å². The fourth-order valence-electron chi connectivity index (χ4n) is 1.72. The van der Waals surface area contributed by atoms with E-state index in [1.165, 1.54) is 0 Å². The number of aromatic amines is 1. The Labute approximate surface area is 105 Å². The summed E-state index contributed by atoms with van der Waals surface area (Å²) in [7, 11) is 0. The zero-order valence-corrected chi connectivity index (χ0v) is 10.6. The first-order valence-corrected chi connectivity index (χ1v) is 6.07. The number of nitrogens with zero attached hydrogens (tertiary/aromatic N) is 3. The number of amides is 1. The van der Waals surface area contributed by atoms with E-state index in [2.05, 4.69) is 20.6 Å². The molecular formula is C12H17N5O. The Balaban J connectivity index is 2.06. The predicted molar refractivity (Wildman–Crippen MR) is 67.0 cm³/mol. The molecule has 0 saturated heterocycles. The summed E-state index contributed by atoms with van der Waals surface area (Å²) < 4.78 is 1.72. The van der Waals surface area contributed by atoms with E-state index in [4.69, 9.17) is 0 Å². The van der Waals surface area contributed by atoms with Crippen LogP contribution in [0.2, 0.25) is 0 Å². The lowest BCUT2D eigenvalue weighted by atomic mass is 10.3. The molecule has 0 spiro atoms. The highest BCUT2D eigenvalue weighted by Crippen LogP contribution is 2.06. The third kappa shape index (κ3) is 2.58. The van der Waals surface area contributed by atoms with Gasteiger partial charge < -0.3 is 5.32 Å². The number of nitrogens with one attached hydrogen (secondary N) is 2. The molecule has 2 aromatic heterocycles. The van der Waals surface area contributed by atoms with E-state index in [1.807, 2.05) is 26.0 Å². The van der Waals surface area contributed by atoms with Crippen LogP contribution in [0.1, 0.15) is 35.7 Å². The Kier molecular flexibility index (Phi) is 3.76. The van der Waals surface area contributed by atoms with Crippen molar-refractivity contribution >= 4 is 5.91 Å². The smallest absolute Gasteiger partial charge is 0.269 e. The van der Waals surface area contributed by atoms with Gasteiger partial charge in [-0.1, -0.05) is 6.92 Å². The summed E-state index contributed by atoms with van der Waals surface area (Å²) in [6, 6.07) is 3.67. The lowest BCUT2D eigenvalue weighted by Crippen LogP contribution is -2.25. The summed E-state index contributed by atoms with van der Waals surface area (Å²) in [4.78, 5) is 12.0. The molecule has 2 aromatic rings. The van der Waals surface area contributed by atoms with Crippen molar-refractivity contribution in [3.05, 3.63) is 35.4 Å². The normalized spacial score (nSPS) is 10.6. The fraction of sp³-hybridized carbons (Fsp3) is 0.417. The maximum absolute atomic E-state index is 12.0. The summed E-state index contributed by atoms with van der Waals surface area (Å²) in [6.45, 7) is 5.12. The molecule has 2 N–H and O–H groups in total. The number of carbonyl (C=O) groups excluding carboxylic acids is 1. The Bertz CT molecular complexity index is 515. The maximum Gasteiger partial charge on any atom is 0.269 e. The minimum Gasteiger partial charge on any atom is -0.345 e. The van der Waals surface area contributed by atoms with E-state index >= 15 is 0 Å². The van der Waals surface area contributed by atoms with Crippen molar-refractivity contribution in [3.63, 3.8) is 0 Å². The molecule has 96 valence electrons. The van der Waals surface area contributed by atoms with Gasteiger partial charge in [0.25, 0.3) is 5.91 Å². The van der Waals surface area contributed by atoms with Crippen molar-refractivity contribution in [3.8, 4) is 0 Å². The fourth-order valence-corrected chi connectivity index (χ4v) is 1.72. The molecule has 0 aliphatic heterocycles. The van der Waals surface area contributed by atoms with Crippen molar-refractivity contribution in [2.24, 2.45) is 0 Å². The third-order valence-electron chi connectivity index (χ3n) is 2.72. The quantitative estimate of drug-likeness (QED) is 0.831. The molecule has 0 radical (unpaired) electrons. The van der Waals surface area contributed by atoms with Crippen molar-refractivity contribution in [2.45, 2.75) is 33.4 Å². The average molecular weight is 247 g/mol. The van der Waals surface area contributed by atoms with E-state index in [1.54, 1.807) is 10.9 Å². The molecule has 0 bridgehead atoms. The van der Waals surface area contributed by atoms with Crippen LogP contribution in [-0.2, 0) is 19.5 Å². The van der Waals surface area contributed by atoms with Gasteiger partial charge >= 0.3 is 0 Å². The predicted octanol–water partition coefficient (Wildman–Crippen LogP) is 1.12. The number of carbonyl (C=O) groups is 1. The first-order valence-electron chi connectivity index (χ1n) is 6.07. The van der Waals surface area contributed by atoms with Gasteiger partial charge in [-0.05, 0) is 25.5 Å². The third-order valence-corrected chi connectivity index (χ3v) is 2.72. The topological polar surface area (TPSA) is 75.6 Å². The number of rotatable bonds is 5. The number of hydrogen-bond acceptors (Lipinski definition) is 3. The van der Waals surface area contributed by atoms with Crippen LogP contribution in [0.4, 0.5) is 0 Å². The minimum atomic E-state index is -0.112. The second kappa shape index (κ2) is 5.48. The highest BCUT2D eigenvalue weighted by atomic mass is 16.2. The zero-order valence-electron chi connectivity index (χ0n) is 10.6. The molecule has 0 aliphatic rings. The van der Waals surface area contributed by atoms with Gasteiger partial charge in [-0.2, -0.15) is 10.2 Å². The molecule has 2 rings (SSSR count). The Morgan fingerprint density at radius 3 is 2.94 bits per heavy atom. The second-order valence-electron chi connectivity index (χ2n) is 3.95. The standard InChI is InChI=1S/C12H17N5O/c1-3-9-7-11(17(4-2)16-9)12(18)13-8-10-5-6-14-15-10/h5-7H,3-4,8H2,1-2H3,(H,13,18)(H,14,15).